The fraction of sp³-hybridized carbons (Fsp3) is 0.333. The first-order valence-corrected chi connectivity index (χ1v) is 9.45. The molecule has 6 rings (SSSR count). The lowest BCUT2D eigenvalue weighted by atomic mass is 9.83. The second-order valence-corrected chi connectivity index (χ2v) is 7.75. The van der Waals surface area contributed by atoms with Gasteiger partial charge in [-0.15, -0.1) is 0 Å². The SMILES string of the molecule is C1=C2\C=C3/C=C4\C=C/1CCC1=C\C(=C/C(=C/C(=C\1)CC4)CC3)CC2. The standard InChI is InChI=1S/C24H24/c1-2-18-11-21-5-3-19-9-17(1)10-20-4-6-22(12-18)16-24(15-21)8-7-23(13-19)14-20/h9-16H,1-8H2/b17-9-,17-10?,18-11?,18-12-,19-9?,19-13-,20-10-,20-14?,21-11+,21-15?,22-12?,22-16+,23-13?,23-14-,24-15-,24-16?. The zero-order chi connectivity index (χ0) is 15.9. The highest BCUT2D eigenvalue weighted by Gasteiger charge is 2.16. The maximum Gasteiger partial charge on any atom is -0.0238 e. The fourth-order valence-corrected chi connectivity index (χ4v) is 4.55. The summed E-state index contributed by atoms with van der Waals surface area (Å²) in [7, 11) is 0. The van der Waals surface area contributed by atoms with Gasteiger partial charge < -0.3 is 0 Å². The van der Waals surface area contributed by atoms with E-state index in [-0.39, 0.29) is 0 Å². The van der Waals surface area contributed by atoms with E-state index in [9.17, 15) is 0 Å². The van der Waals surface area contributed by atoms with Crippen molar-refractivity contribution in [3.63, 3.8) is 0 Å². The van der Waals surface area contributed by atoms with Crippen LogP contribution in [0.25, 0.3) is 0 Å². The third-order valence-electron chi connectivity index (χ3n) is 5.78. The molecule has 0 N–H and O–H groups in total. The zero-order valence-electron chi connectivity index (χ0n) is 14.3. The summed E-state index contributed by atoms with van der Waals surface area (Å²) in [5.74, 6) is 0. The lowest BCUT2D eigenvalue weighted by Gasteiger charge is -2.22. The van der Waals surface area contributed by atoms with Crippen LogP contribution in [0.2, 0.25) is 0 Å². The minimum Gasteiger partial charge on any atom is -0.0558 e. The number of rotatable bonds is 0. The van der Waals surface area contributed by atoms with E-state index in [1.165, 1.54) is 44.6 Å². The molecule has 0 unspecified atom stereocenters. The summed E-state index contributed by atoms with van der Waals surface area (Å²) in [6.07, 6.45) is 29.2. The van der Waals surface area contributed by atoms with Gasteiger partial charge in [-0.1, -0.05) is 48.6 Å². The highest BCUT2D eigenvalue weighted by Crippen LogP contribution is 2.35. The molecule has 0 fully saturated rings. The van der Waals surface area contributed by atoms with Gasteiger partial charge >= 0.3 is 0 Å². The summed E-state index contributed by atoms with van der Waals surface area (Å²) in [4.78, 5) is 0. The van der Waals surface area contributed by atoms with Gasteiger partial charge in [0.15, 0.2) is 0 Å². The van der Waals surface area contributed by atoms with Gasteiger partial charge in [0.1, 0.15) is 0 Å². The third-order valence-corrected chi connectivity index (χ3v) is 5.78. The first-order valence-electron chi connectivity index (χ1n) is 9.45. The molecule has 0 heteroatoms. The van der Waals surface area contributed by atoms with Crippen LogP contribution in [-0.2, 0) is 0 Å². The number of hydrogen-bond acceptors (Lipinski definition) is 0. The summed E-state index contributed by atoms with van der Waals surface area (Å²) in [5, 5.41) is 0. The Morgan fingerprint density at radius 1 is 0.250 bits per heavy atom. The lowest BCUT2D eigenvalue weighted by molar-refractivity contribution is 0.861. The second-order valence-electron chi connectivity index (χ2n) is 7.75. The second kappa shape index (κ2) is 5.77. The fourth-order valence-electron chi connectivity index (χ4n) is 4.55. The van der Waals surface area contributed by atoms with Gasteiger partial charge in [-0.3, -0.25) is 0 Å². The summed E-state index contributed by atoms with van der Waals surface area (Å²) in [6.45, 7) is 0. The number of fused-ring (bicyclic) bond motifs is 4. The summed E-state index contributed by atoms with van der Waals surface area (Å²) < 4.78 is 0. The van der Waals surface area contributed by atoms with Gasteiger partial charge in [0.25, 0.3) is 0 Å². The van der Waals surface area contributed by atoms with E-state index in [1.54, 1.807) is 0 Å². The topological polar surface area (TPSA) is 0 Å². The third kappa shape index (κ3) is 2.86. The average Bonchev–Trinajstić information content (AvgIpc) is 2.55. The molecule has 0 amide bonds. The van der Waals surface area contributed by atoms with Gasteiger partial charge in [0, 0.05) is 0 Å². The molecular weight excluding hydrogens is 288 g/mol. The van der Waals surface area contributed by atoms with Gasteiger partial charge in [-0.25, -0.2) is 0 Å². The molecule has 0 atom stereocenters. The molecule has 0 saturated heterocycles. The van der Waals surface area contributed by atoms with Crippen molar-refractivity contribution in [2.24, 2.45) is 0 Å². The van der Waals surface area contributed by atoms with Crippen LogP contribution < -0.4 is 0 Å². The van der Waals surface area contributed by atoms with Crippen LogP contribution in [0.4, 0.5) is 0 Å². The van der Waals surface area contributed by atoms with E-state index >= 15 is 0 Å². The Labute approximate surface area is 145 Å². The molecule has 0 saturated carbocycles. The summed E-state index contributed by atoms with van der Waals surface area (Å²) in [6, 6.07) is 0. The van der Waals surface area contributed by atoms with E-state index in [0.717, 1.165) is 51.4 Å². The Balaban J connectivity index is 1.78. The number of hydrogen-bond donors (Lipinski definition) is 0. The Hall–Kier alpha value is -2.08. The minimum atomic E-state index is 1.16. The minimum absolute atomic E-state index is 1.16. The van der Waals surface area contributed by atoms with Crippen LogP contribution >= 0.6 is 0 Å². The van der Waals surface area contributed by atoms with Crippen LogP contribution in [0, 0.1) is 0 Å². The van der Waals surface area contributed by atoms with Gasteiger partial charge in [0.05, 0.1) is 0 Å². The first kappa shape index (κ1) is 14.3. The van der Waals surface area contributed by atoms with E-state index < -0.39 is 0 Å². The van der Waals surface area contributed by atoms with Crippen LogP contribution in [0.3, 0.4) is 0 Å². The smallest absolute Gasteiger partial charge is 0.0238 e. The Morgan fingerprint density at radius 2 is 0.375 bits per heavy atom. The monoisotopic (exact) mass is 312 g/mol. The molecule has 8 bridgehead atoms. The van der Waals surface area contributed by atoms with Crippen LogP contribution in [-0.4, -0.2) is 0 Å². The Kier molecular flexibility index (Phi) is 3.43. The van der Waals surface area contributed by atoms with Crippen molar-refractivity contribution >= 4 is 0 Å². The predicted molar refractivity (Wildman–Crippen MR) is 102 cm³/mol. The van der Waals surface area contributed by atoms with Crippen LogP contribution in [0.5, 0.6) is 0 Å². The molecule has 0 aromatic carbocycles. The average molecular weight is 312 g/mol. The molecule has 0 radical (unpaired) electrons. The number of allylic oxidation sites excluding steroid dienone is 16. The Bertz CT molecular complexity index is 602. The zero-order valence-corrected chi connectivity index (χ0v) is 14.3. The van der Waals surface area contributed by atoms with Crippen molar-refractivity contribution in [2.75, 3.05) is 0 Å². The van der Waals surface area contributed by atoms with E-state index in [4.69, 9.17) is 0 Å². The molecule has 0 heterocycles. The lowest BCUT2D eigenvalue weighted by Crippen LogP contribution is -2.03. The molecule has 120 valence electrons. The van der Waals surface area contributed by atoms with Crippen molar-refractivity contribution in [1.29, 1.82) is 0 Å². The van der Waals surface area contributed by atoms with Crippen LogP contribution in [0.15, 0.2) is 93.2 Å². The predicted octanol–water partition coefficient (Wildman–Crippen LogP) is 6.59. The molecule has 6 aliphatic rings. The van der Waals surface area contributed by atoms with Crippen LogP contribution in [0.1, 0.15) is 51.4 Å². The van der Waals surface area contributed by atoms with E-state index in [1.807, 2.05) is 0 Å². The van der Waals surface area contributed by atoms with Crippen molar-refractivity contribution in [2.45, 2.75) is 51.4 Å². The van der Waals surface area contributed by atoms with Crippen molar-refractivity contribution in [3.8, 4) is 0 Å². The highest BCUT2D eigenvalue weighted by atomic mass is 14.2. The molecule has 24 heavy (non-hydrogen) atoms. The first-order chi connectivity index (χ1) is 11.8. The normalized spacial score (nSPS) is 42.7. The maximum absolute atomic E-state index is 2.49. The van der Waals surface area contributed by atoms with Gasteiger partial charge in [-0.05, 0) is 96.0 Å². The molecule has 0 aromatic heterocycles. The largest absolute Gasteiger partial charge is 0.0558 e. The highest BCUT2D eigenvalue weighted by molar-refractivity contribution is 5.51. The molecule has 0 nitrogen and oxygen atoms in total. The van der Waals surface area contributed by atoms with Crippen molar-refractivity contribution in [3.05, 3.63) is 93.2 Å². The maximum atomic E-state index is 2.49. The Morgan fingerprint density at radius 3 is 0.500 bits per heavy atom. The molecule has 0 spiro atoms. The van der Waals surface area contributed by atoms with Crippen molar-refractivity contribution in [1.82, 2.24) is 0 Å². The van der Waals surface area contributed by atoms with E-state index in [0.29, 0.717) is 0 Å². The van der Waals surface area contributed by atoms with Gasteiger partial charge in [0.2, 0.25) is 0 Å². The molecule has 0 aliphatic heterocycles. The quantitative estimate of drug-likeness (QED) is 0.473. The summed E-state index contributed by atoms with van der Waals surface area (Å²) >= 11 is 0. The molecule has 0 aromatic rings. The van der Waals surface area contributed by atoms with E-state index in [2.05, 4.69) is 48.6 Å². The van der Waals surface area contributed by atoms with Crippen molar-refractivity contribution < 1.29 is 0 Å². The molecule has 6 aliphatic carbocycles. The van der Waals surface area contributed by atoms with Gasteiger partial charge in [-0.2, -0.15) is 0 Å². The molecular formula is C24H24. The summed E-state index contributed by atoms with van der Waals surface area (Å²) in [5.41, 5.74) is 12.2.